The molecule has 0 aliphatic carbocycles. The number of carbonyl (C=O) groups is 1. The molecular formula is C24H30FN6O3P. The van der Waals surface area contributed by atoms with Crippen molar-refractivity contribution in [1.82, 2.24) is 19.6 Å². The lowest BCUT2D eigenvalue weighted by molar-refractivity contribution is -0.131. The van der Waals surface area contributed by atoms with Gasteiger partial charge in [-0.1, -0.05) is 5.57 Å². The first-order valence-corrected chi connectivity index (χ1v) is 13.4. The molecule has 3 rings (SSSR count). The predicted molar refractivity (Wildman–Crippen MR) is 133 cm³/mol. The van der Waals surface area contributed by atoms with Crippen LogP contribution in [-0.4, -0.2) is 56.6 Å². The van der Waals surface area contributed by atoms with Crippen LogP contribution in [0.2, 0.25) is 0 Å². The minimum atomic E-state index is -3.76. The topological polar surface area (TPSA) is 123 Å². The zero-order chi connectivity index (χ0) is 25.8. The first-order valence-electron chi connectivity index (χ1n) is 11.3. The molecule has 1 aliphatic heterocycles. The summed E-state index contributed by atoms with van der Waals surface area (Å²) < 4.78 is 28.2. The van der Waals surface area contributed by atoms with Crippen molar-refractivity contribution in [2.75, 3.05) is 19.8 Å². The van der Waals surface area contributed by atoms with E-state index in [0.717, 1.165) is 18.4 Å². The summed E-state index contributed by atoms with van der Waals surface area (Å²) >= 11 is 0. The molecule has 35 heavy (non-hydrogen) atoms. The fraction of sp³-hybridized carbons (Fsp3) is 0.417. The summed E-state index contributed by atoms with van der Waals surface area (Å²) in [6, 6.07) is 4.63. The number of likely N-dealkylation sites (tertiary alicyclic amines) is 1. The fourth-order valence-electron chi connectivity index (χ4n) is 4.01. The number of rotatable bonds is 7. The Morgan fingerprint density at radius 3 is 2.83 bits per heavy atom. The lowest BCUT2D eigenvalue weighted by Gasteiger charge is -2.34. The van der Waals surface area contributed by atoms with Crippen LogP contribution < -0.4 is 5.32 Å². The molecule has 0 aromatic carbocycles. The molecule has 2 aromatic heterocycles. The minimum absolute atomic E-state index is 0.141. The zero-order valence-electron chi connectivity index (χ0n) is 20.3. The average molecular weight is 501 g/mol. The number of fused-ring (bicyclic) bond motifs is 1. The molecule has 1 fully saturated rings. The van der Waals surface area contributed by atoms with Gasteiger partial charge in [0.1, 0.15) is 17.9 Å². The number of nitrogens with zero attached hydrogens (tertiary/aromatic N) is 5. The molecule has 3 heterocycles. The summed E-state index contributed by atoms with van der Waals surface area (Å²) in [6.07, 6.45) is 5.61. The maximum absolute atomic E-state index is 13.7. The number of nitriles is 1. The van der Waals surface area contributed by atoms with Gasteiger partial charge < -0.3 is 15.1 Å². The van der Waals surface area contributed by atoms with Crippen LogP contribution in [0.3, 0.4) is 0 Å². The molecule has 0 radical (unpaired) electrons. The highest BCUT2D eigenvalue weighted by atomic mass is 31.2. The van der Waals surface area contributed by atoms with Gasteiger partial charge in [0.05, 0.1) is 29.0 Å². The maximum atomic E-state index is 13.7. The van der Waals surface area contributed by atoms with Crippen molar-refractivity contribution in [2.24, 2.45) is 4.99 Å². The minimum Gasteiger partial charge on any atom is -0.380 e. The van der Waals surface area contributed by atoms with Crippen molar-refractivity contribution < 1.29 is 18.6 Å². The average Bonchev–Trinajstić information content (AvgIpc) is 3.20. The number of carbonyl (C=O) groups excluding carboxylic acids is 1. The highest BCUT2D eigenvalue weighted by Gasteiger charge is 2.28. The lowest BCUT2D eigenvalue weighted by atomic mass is 10.0. The third-order valence-corrected chi connectivity index (χ3v) is 7.01. The van der Waals surface area contributed by atoms with Gasteiger partial charge in [-0.3, -0.25) is 18.8 Å². The standard InChI is InChI=1S/C24H30FN6O3P/c1-16(2)24(29-19-6-5-11-30(15-19)23(32)9-10-26)21(35(4,33)34)13-27-17(3)20-12-28-22-8-7-18(25)14-31(20)22/h7-8,12-14,19,29H,5-6,9,11,15H2,1-4H3,(H,33,34)/b21-13+,27-17?. The van der Waals surface area contributed by atoms with Crippen molar-refractivity contribution in [1.29, 1.82) is 5.26 Å². The molecule has 1 saturated heterocycles. The third-order valence-electron chi connectivity index (χ3n) is 5.78. The molecule has 0 bridgehead atoms. The summed E-state index contributed by atoms with van der Waals surface area (Å²) in [5.41, 5.74) is 2.90. The number of amides is 1. The Morgan fingerprint density at radius 2 is 2.17 bits per heavy atom. The lowest BCUT2D eigenvalue weighted by Crippen LogP contribution is -2.47. The SMILES string of the molecule is CC(=N/C=C(\C(NC1CCCN(C(=O)CC#N)C1)=C(C)C)P(C)(=O)O)c1cnc2ccc(F)cn12. The van der Waals surface area contributed by atoms with Gasteiger partial charge in [0.15, 0.2) is 0 Å². The number of nitrogens with one attached hydrogen (secondary N) is 1. The number of aliphatic imine (C=N–C) groups is 1. The van der Waals surface area contributed by atoms with Gasteiger partial charge in [-0.05, 0) is 45.7 Å². The highest BCUT2D eigenvalue weighted by Crippen LogP contribution is 2.49. The third kappa shape index (κ3) is 6.44. The van der Waals surface area contributed by atoms with Crippen LogP contribution in [0, 0.1) is 17.1 Å². The van der Waals surface area contributed by atoms with Gasteiger partial charge in [0.25, 0.3) is 0 Å². The number of hydrogen-bond acceptors (Lipinski definition) is 6. The molecule has 1 amide bonds. The normalized spacial score (nSPS) is 18.7. The Morgan fingerprint density at radius 1 is 1.43 bits per heavy atom. The van der Waals surface area contributed by atoms with E-state index in [4.69, 9.17) is 5.26 Å². The van der Waals surface area contributed by atoms with E-state index in [9.17, 15) is 18.6 Å². The van der Waals surface area contributed by atoms with Crippen LogP contribution in [0.1, 0.15) is 45.7 Å². The van der Waals surface area contributed by atoms with Crippen molar-refractivity contribution in [3.8, 4) is 6.07 Å². The molecule has 0 spiro atoms. The zero-order valence-corrected chi connectivity index (χ0v) is 21.2. The van der Waals surface area contributed by atoms with E-state index in [0.29, 0.717) is 35.8 Å². The van der Waals surface area contributed by atoms with E-state index >= 15 is 0 Å². The Kier molecular flexibility index (Phi) is 8.26. The summed E-state index contributed by atoms with van der Waals surface area (Å²) in [7, 11) is -3.76. The van der Waals surface area contributed by atoms with E-state index < -0.39 is 13.2 Å². The summed E-state index contributed by atoms with van der Waals surface area (Å²) in [5.74, 6) is -0.637. The van der Waals surface area contributed by atoms with E-state index in [1.54, 1.807) is 28.5 Å². The Balaban J connectivity index is 1.92. The number of pyridine rings is 1. The van der Waals surface area contributed by atoms with Crippen LogP contribution in [-0.2, 0) is 9.36 Å². The summed E-state index contributed by atoms with van der Waals surface area (Å²) in [4.78, 5) is 33.1. The fourth-order valence-corrected chi connectivity index (χ4v) is 4.98. The number of piperidine rings is 1. The predicted octanol–water partition coefficient (Wildman–Crippen LogP) is 3.81. The van der Waals surface area contributed by atoms with Crippen molar-refractivity contribution in [2.45, 2.75) is 46.1 Å². The number of imidazole rings is 1. The molecule has 1 aliphatic rings. The van der Waals surface area contributed by atoms with Crippen LogP contribution in [0.5, 0.6) is 0 Å². The second kappa shape index (κ2) is 11.0. The molecule has 11 heteroatoms. The molecule has 0 saturated carbocycles. The Labute approximate surface area is 204 Å². The smallest absolute Gasteiger partial charge is 0.236 e. The van der Waals surface area contributed by atoms with Gasteiger partial charge >= 0.3 is 0 Å². The van der Waals surface area contributed by atoms with Crippen LogP contribution in [0.15, 0.2) is 52.3 Å². The Hall–Kier alpha value is -3.28. The molecular weight excluding hydrogens is 470 g/mol. The van der Waals surface area contributed by atoms with Crippen molar-refractivity contribution >= 4 is 24.6 Å². The number of aromatic nitrogens is 2. The monoisotopic (exact) mass is 500 g/mol. The van der Waals surface area contributed by atoms with Crippen molar-refractivity contribution in [3.63, 3.8) is 0 Å². The second-order valence-electron chi connectivity index (χ2n) is 8.86. The first kappa shape index (κ1) is 26.3. The van der Waals surface area contributed by atoms with Crippen LogP contribution >= 0.6 is 7.37 Å². The molecule has 9 nitrogen and oxygen atoms in total. The van der Waals surface area contributed by atoms with Gasteiger partial charge in [0.2, 0.25) is 13.3 Å². The summed E-state index contributed by atoms with van der Waals surface area (Å²) in [6.45, 7) is 7.62. The largest absolute Gasteiger partial charge is 0.380 e. The van der Waals surface area contributed by atoms with E-state index in [1.807, 2.05) is 19.9 Å². The number of hydrogen-bond donors (Lipinski definition) is 2. The van der Waals surface area contributed by atoms with Crippen LogP contribution in [0.4, 0.5) is 4.39 Å². The van der Waals surface area contributed by atoms with Gasteiger partial charge in [-0.2, -0.15) is 5.26 Å². The van der Waals surface area contributed by atoms with E-state index in [1.165, 1.54) is 25.1 Å². The van der Waals surface area contributed by atoms with Gasteiger partial charge in [-0.25, -0.2) is 9.37 Å². The van der Waals surface area contributed by atoms with E-state index in [-0.39, 0.29) is 23.7 Å². The van der Waals surface area contributed by atoms with Crippen LogP contribution in [0.25, 0.3) is 5.65 Å². The number of halogens is 1. The maximum Gasteiger partial charge on any atom is 0.236 e. The van der Waals surface area contributed by atoms with Crippen molar-refractivity contribution in [3.05, 3.63) is 58.8 Å². The molecule has 2 atom stereocenters. The second-order valence-corrected chi connectivity index (χ2v) is 11.1. The molecule has 2 N–H and O–H groups in total. The van der Waals surface area contributed by atoms with Gasteiger partial charge in [-0.15, -0.1) is 0 Å². The number of allylic oxidation sites excluding steroid dienone is 2. The molecule has 2 unspecified atom stereocenters. The van der Waals surface area contributed by atoms with E-state index in [2.05, 4.69) is 15.3 Å². The molecule has 2 aromatic rings. The highest BCUT2D eigenvalue weighted by molar-refractivity contribution is 7.62. The Bertz CT molecular complexity index is 1300. The van der Waals surface area contributed by atoms with Gasteiger partial charge in [0, 0.05) is 43.9 Å². The summed E-state index contributed by atoms with van der Waals surface area (Å²) in [5, 5.41) is 12.3. The quantitative estimate of drug-likeness (QED) is 0.339. The first-order chi connectivity index (χ1) is 16.5. The molecule has 186 valence electrons.